The van der Waals surface area contributed by atoms with E-state index in [0.717, 1.165) is 5.56 Å². The van der Waals surface area contributed by atoms with Crippen LogP contribution in [-0.4, -0.2) is 23.0 Å². The van der Waals surface area contributed by atoms with Gasteiger partial charge in [-0.3, -0.25) is 15.6 Å². The highest BCUT2D eigenvalue weighted by Crippen LogP contribution is 2.22. The first-order valence-electron chi connectivity index (χ1n) is 8.36. The van der Waals surface area contributed by atoms with Crippen molar-refractivity contribution < 1.29 is 9.53 Å². The molecule has 3 rings (SSSR count). The molecular formula is C19H19ClN6O2. The molecule has 1 heterocycles. The van der Waals surface area contributed by atoms with Crippen molar-refractivity contribution in [2.75, 3.05) is 23.6 Å². The Balaban J connectivity index is 1.61. The van der Waals surface area contributed by atoms with Gasteiger partial charge >= 0.3 is 0 Å². The number of nitrogens with one attached hydrogen (secondary N) is 3. The van der Waals surface area contributed by atoms with Crippen LogP contribution in [0.2, 0.25) is 5.02 Å². The van der Waals surface area contributed by atoms with E-state index in [0.29, 0.717) is 28.7 Å². The first-order chi connectivity index (χ1) is 13.6. The van der Waals surface area contributed by atoms with Gasteiger partial charge < -0.3 is 15.8 Å². The van der Waals surface area contributed by atoms with Gasteiger partial charge in [0.2, 0.25) is 0 Å². The molecule has 0 aliphatic heterocycles. The molecule has 5 N–H and O–H groups in total. The maximum absolute atomic E-state index is 12.2. The Kier molecular flexibility index (Phi) is 6.13. The zero-order valence-electron chi connectivity index (χ0n) is 15.1. The predicted octanol–water partition coefficient (Wildman–Crippen LogP) is 3.09. The number of carbonyl (C=O) groups is 1. The maximum Gasteiger partial charge on any atom is 0.269 e. The largest absolute Gasteiger partial charge is 0.497 e. The molecule has 144 valence electrons. The summed E-state index contributed by atoms with van der Waals surface area (Å²) in [5.74, 6) is 1.07. The second-order valence-electron chi connectivity index (χ2n) is 5.77. The highest BCUT2D eigenvalue weighted by atomic mass is 35.5. The van der Waals surface area contributed by atoms with Crippen molar-refractivity contribution >= 4 is 34.8 Å². The van der Waals surface area contributed by atoms with Crippen LogP contribution in [0, 0.1) is 0 Å². The van der Waals surface area contributed by atoms with Crippen molar-refractivity contribution in [1.82, 2.24) is 15.4 Å². The van der Waals surface area contributed by atoms with E-state index in [1.54, 1.807) is 31.4 Å². The molecule has 0 saturated heterocycles. The molecule has 0 atom stereocenters. The van der Waals surface area contributed by atoms with Crippen LogP contribution in [0.4, 0.5) is 17.3 Å². The second-order valence-corrected chi connectivity index (χ2v) is 6.21. The molecule has 0 spiro atoms. The zero-order chi connectivity index (χ0) is 19.9. The Labute approximate surface area is 167 Å². The molecule has 0 saturated carbocycles. The molecule has 3 aromatic rings. The zero-order valence-corrected chi connectivity index (χ0v) is 15.8. The number of halogens is 1. The number of hydrogen-bond donors (Lipinski definition) is 4. The molecule has 28 heavy (non-hydrogen) atoms. The monoisotopic (exact) mass is 398 g/mol. The molecule has 2 aromatic carbocycles. The summed E-state index contributed by atoms with van der Waals surface area (Å²) in [6, 6.07) is 14.1. The number of amides is 1. The number of anilines is 3. The summed E-state index contributed by atoms with van der Waals surface area (Å²) in [6.07, 6.45) is 1.35. The summed E-state index contributed by atoms with van der Waals surface area (Å²) in [5, 5.41) is 3.81. The van der Waals surface area contributed by atoms with Crippen molar-refractivity contribution in [1.29, 1.82) is 0 Å². The van der Waals surface area contributed by atoms with E-state index in [2.05, 4.69) is 26.1 Å². The third kappa shape index (κ3) is 4.80. The summed E-state index contributed by atoms with van der Waals surface area (Å²) in [5.41, 5.74) is 13.1. The Bertz CT molecular complexity index is 948. The van der Waals surface area contributed by atoms with Gasteiger partial charge in [0.15, 0.2) is 11.6 Å². The summed E-state index contributed by atoms with van der Waals surface area (Å²) in [6.45, 7) is 0.510. The average molecular weight is 399 g/mol. The van der Waals surface area contributed by atoms with Gasteiger partial charge in [-0.05, 0) is 42.0 Å². The van der Waals surface area contributed by atoms with Gasteiger partial charge in [-0.25, -0.2) is 9.97 Å². The molecule has 0 fully saturated rings. The minimum Gasteiger partial charge on any atom is -0.497 e. The number of nitrogens with zero attached hydrogens (tertiary/aromatic N) is 2. The molecule has 8 nitrogen and oxygen atoms in total. The van der Waals surface area contributed by atoms with Crippen molar-refractivity contribution in [3.8, 4) is 5.75 Å². The number of aromatic nitrogens is 2. The van der Waals surface area contributed by atoms with Crippen LogP contribution >= 0.6 is 11.6 Å². The summed E-state index contributed by atoms with van der Waals surface area (Å²) in [4.78, 5) is 20.4. The Hall–Kier alpha value is -3.52. The van der Waals surface area contributed by atoms with Gasteiger partial charge in [-0.2, -0.15) is 0 Å². The van der Waals surface area contributed by atoms with E-state index < -0.39 is 0 Å². The van der Waals surface area contributed by atoms with E-state index >= 15 is 0 Å². The third-order valence-corrected chi connectivity index (χ3v) is 4.16. The van der Waals surface area contributed by atoms with Gasteiger partial charge in [-0.15, -0.1) is 0 Å². The van der Waals surface area contributed by atoms with E-state index in [-0.39, 0.29) is 17.4 Å². The predicted molar refractivity (Wildman–Crippen MR) is 109 cm³/mol. The Morgan fingerprint density at radius 3 is 2.43 bits per heavy atom. The maximum atomic E-state index is 12.2. The van der Waals surface area contributed by atoms with Crippen molar-refractivity contribution in [2.45, 2.75) is 6.54 Å². The number of carbonyl (C=O) groups excluding carboxylic acids is 1. The summed E-state index contributed by atoms with van der Waals surface area (Å²) >= 11 is 5.88. The van der Waals surface area contributed by atoms with Crippen LogP contribution in [0.3, 0.4) is 0 Å². The highest BCUT2D eigenvalue weighted by Gasteiger charge is 2.10. The molecule has 9 heteroatoms. The van der Waals surface area contributed by atoms with Gasteiger partial charge in [0.1, 0.15) is 17.8 Å². The van der Waals surface area contributed by atoms with Crippen molar-refractivity contribution in [3.05, 3.63) is 71.0 Å². The van der Waals surface area contributed by atoms with Gasteiger partial charge in [0.25, 0.3) is 5.91 Å². The van der Waals surface area contributed by atoms with Crippen molar-refractivity contribution in [3.63, 3.8) is 0 Å². The number of benzene rings is 2. The highest BCUT2D eigenvalue weighted by molar-refractivity contribution is 6.30. The minimum atomic E-state index is -0.337. The fraction of sp³-hybridized carbons (Fsp3) is 0.105. The standard InChI is InChI=1S/C19H19ClN6O2/c1-28-15-8-4-13(5-9-15)19(27)26-25-18-16(21)17(23-11-24-18)22-10-12-2-6-14(20)7-3-12/h2-9,11H,10,21H2,1H3,(H,26,27)(H2,22,23,24,25). The first kappa shape index (κ1) is 19.2. The number of hydrogen-bond acceptors (Lipinski definition) is 7. The van der Waals surface area contributed by atoms with E-state index in [1.165, 1.54) is 6.33 Å². The van der Waals surface area contributed by atoms with Gasteiger partial charge in [0, 0.05) is 17.1 Å². The smallest absolute Gasteiger partial charge is 0.269 e. The molecule has 0 radical (unpaired) electrons. The normalized spacial score (nSPS) is 10.2. The SMILES string of the molecule is COc1ccc(C(=O)NNc2ncnc(NCc3ccc(Cl)cc3)c2N)cc1. The van der Waals surface area contributed by atoms with E-state index in [1.807, 2.05) is 24.3 Å². The lowest BCUT2D eigenvalue weighted by Crippen LogP contribution is -2.30. The van der Waals surface area contributed by atoms with Crippen LogP contribution in [0.15, 0.2) is 54.9 Å². The lowest BCUT2D eigenvalue weighted by molar-refractivity contribution is 0.0962. The van der Waals surface area contributed by atoms with Crippen LogP contribution in [0.25, 0.3) is 0 Å². The van der Waals surface area contributed by atoms with Crippen LogP contribution < -0.4 is 26.6 Å². The third-order valence-electron chi connectivity index (χ3n) is 3.90. The summed E-state index contributed by atoms with van der Waals surface area (Å²) < 4.78 is 5.07. The molecule has 0 bridgehead atoms. The topological polar surface area (TPSA) is 114 Å². The lowest BCUT2D eigenvalue weighted by atomic mass is 10.2. The number of methoxy groups -OCH3 is 1. The van der Waals surface area contributed by atoms with E-state index in [9.17, 15) is 4.79 Å². The molecule has 1 amide bonds. The fourth-order valence-corrected chi connectivity index (χ4v) is 2.48. The number of nitrogens with two attached hydrogens (primary N) is 1. The van der Waals surface area contributed by atoms with Crippen molar-refractivity contribution in [2.24, 2.45) is 0 Å². The minimum absolute atomic E-state index is 0.284. The second kappa shape index (κ2) is 8.92. The molecule has 1 aromatic heterocycles. The van der Waals surface area contributed by atoms with Crippen LogP contribution in [0.5, 0.6) is 5.75 Å². The van der Waals surface area contributed by atoms with Gasteiger partial charge in [0.05, 0.1) is 7.11 Å². The quantitative estimate of drug-likeness (QED) is 0.452. The van der Waals surface area contributed by atoms with Crippen LogP contribution in [-0.2, 0) is 6.54 Å². The van der Waals surface area contributed by atoms with Crippen LogP contribution in [0.1, 0.15) is 15.9 Å². The molecular weight excluding hydrogens is 380 g/mol. The Morgan fingerprint density at radius 1 is 1.07 bits per heavy atom. The summed E-state index contributed by atoms with van der Waals surface area (Å²) in [7, 11) is 1.56. The Morgan fingerprint density at radius 2 is 1.75 bits per heavy atom. The lowest BCUT2D eigenvalue weighted by Gasteiger charge is -2.13. The van der Waals surface area contributed by atoms with E-state index in [4.69, 9.17) is 22.1 Å². The number of hydrazine groups is 1. The fourth-order valence-electron chi connectivity index (χ4n) is 2.35. The van der Waals surface area contributed by atoms with Gasteiger partial charge in [-0.1, -0.05) is 23.7 Å². The molecule has 0 unspecified atom stereocenters. The first-order valence-corrected chi connectivity index (χ1v) is 8.74. The number of rotatable bonds is 7. The molecule has 0 aliphatic carbocycles. The molecule has 0 aliphatic rings. The number of nitrogen functional groups attached to an aromatic ring is 1. The average Bonchev–Trinajstić information content (AvgIpc) is 2.73. The number of ether oxygens (including phenoxy) is 1.